The number of hydrogen-bond acceptors (Lipinski definition) is 3. The number of aryl methyl sites for hydroxylation is 1. The third-order valence-electron chi connectivity index (χ3n) is 2.88. The van der Waals surface area contributed by atoms with E-state index in [0.717, 1.165) is 14.8 Å². The first-order valence-corrected chi connectivity index (χ1v) is 6.75. The Morgan fingerprint density at radius 3 is 2.74 bits per heavy atom. The second-order valence-corrected chi connectivity index (χ2v) is 5.45. The number of hydrogen-bond donors (Lipinski definition) is 2. The van der Waals surface area contributed by atoms with Crippen LogP contribution in [0, 0.1) is 16.3 Å². The summed E-state index contributed by atoms with van der Waals surface area (Å²) in [5.41, 5.74) is 3.09. The summed E-state index contributed by atoms with van der Waals surface area (Å²) >= 11 is 2.25. The predicted molar refractivity (Wildman–Crippen MR) is 81.0 cm³/mol. The number of benzene rings is 2. The van der Waals surface area contributed by atoms with Crippen molar-refractivity contribution >= 4 is 45.0 Å². The van der Waals surface area contributed by atoms with Gasteiger partial charge in [-0.1, -0.05) is 0 Å². The van der Waals surface area contributed by atoms with Gasteiger partial charge in [0.2, 0.25) is 0 Å². The molecule has 19 heavy (non-hydrogen) atoms. The fourth-order valence-corrected chi connectivity index (χ4v) is 2.54. The molecule has 0 radical (unpaired) electrons. The molecule has 2 N–H and O–H groups in total. The number of aromatic amines is 1. The number of rotatable bonds is 2. The largest absolute Gasteiger partial charge is 0.353 e. The van der Waals surface area contributed by atoms with Crippen LogP contribution in [0.3, 0.4) is 0 Å². The number of fused-ring (bicyclic) bond motifs is 1. The Morgan fingerprint density at radius 2 is 1.95 bits per heavy atom. The molecule has 0 bridgehead atoms. The summed E-state index contributed by atoms with van der Waals surface area (Å²) in [7, 11) is 0. The quantitative estimate of drug-likeness (QED) is 0.678. The van der Waals surface area contributed by atoms with Crippen LogP contribution in [0.2, 0.25) is 0 Å². The molecule has 0 amide bonds. The number of halogens is 2. The maximum atomic E-state index is 14.2. The van der Waals surface area contributed by atoms with E-state index in [1.54, 1.807) is 12.1 Å². The number of nitrogens with zero attached hydrogens (tertiary/aromatic N) is 2. The normalized spacial score (nSPS) is 10.9. The highest BCUT2D eigenvalue weighted by molar-refractivity contribution is 14.1. The Labute approximate surface area is 122 Å². The van der Waals surface area contributed by atoms with Gasteiger partial charge in [-0.3, -0.25) is 0 Å². The lowest BCUT2D eigenvalue weighted by Crippen LogP contribution is -1.97. The lowest BCUT2D eigenvalue weighted by Gasteiger charge is -2.10. The van der Waals surface area contributed by atoms with Crippen LogP contribution in [0.1, 0.15) is 5.56 Å². The van der Waals surface area contributed by atoms with Gasteiger partial charge in [-0.25, -0.2) is 4.39 Å². The van der Waals surface area contributed by atoms with E-state index in [2.05, 4.69) is 43.3 Å². The molecule has 1 heterocycles. The van der Waals surface area contributed by atoms with E-state index in [1.807, 2.05) is 25.1 Å². The zero-order valence-electron chi connectivity index (χ0n) is 10.0. The zero-order valence-corrected chi connectivity index (χ0v) is 12.2. The van der Waals surface area contributed by atoms with Crippen molar-refractivity contribution in [1.29, 1.82) is 0 Å². The molecule has 0 saturated heterocycles. The minimum Gasteiger partial charge on any atom is -0.353 e. The van der Waals surface area contributed by atoms with Crippen LogP contribution in [0.4, 0.5) is 15.8 Å². The Kier molecular flexibility index (Phi) is 3.09. The lowest BCUT2D eigenvalue weighted by molar-refractivity contribution is 0.640. The van der Waals surface area contributed by atoms with Gasteiger partial charge in [-0.15, -0.1) is 0 Å². The summed E-state index contributed by atoms with van der Waals surface area (Å²) in [5, 5.41) is 13.2. The van der Waals surface area contributed by atoms with Gasteiger partial charge >= 0.3 is 0 Å². The molecule has 2 aromatic carbocycles. The van der Waals surface area contributed by atoms with Crippen molar-refractivity contribution in [3.8, 4) is 0 Å². The van der Waals surface area contributed by atoms with Crippen LogP contribution < -0.4 is 5.32 Å². The molecule has 3 rings (SSSR count). The molecule has 0 aliphatic rings. The average molecular weight is 368 g/mol. The van der Waals surface area contributed by atoms with E-state index in [4.69, 9.17) is 0 Å². The van der Waals surface area contributed by atoms with Gasteiger partial charge in [-0.2, -0.15) is 15.4 Å². The Balaban J connectivity index is 2.03. The molecule has 0 saturated carbocycles. The summed E-state index contributed by atoms with van der Waals surface area (Å²) in [6, 6.07) is 9.34. The molecule has 6 heteroatoms. The van der Waals surface area contributed by atoms with Crippen LogP contribution >= 0.6 is 22.6 Å². The predicted octanol–water partition coefficient (Wildman–Crippen LogP) is 3.75. The van der Waals surface area contributed by atoms with Crippen LogP contribution in [-0.4, -0.2) is 15.4 Å². The summed E-state index contributed by atoms with van der Waals surface area (Å²) in [4.78, 5) is 0. The first kappa shape index (κ1) is 12.3. The van der Waals surface area contributed by atoms with Gasteiger partial charge in [0.05, 0.1) is 5.69 Å². The SMILES string of the molecule is Cc1cc(I)ccc1Nc1ccc2n[nH]nc2c1F. The molecule has 4 nitrogen and oxygen atoms in total. The number of nitrogens with one attached hydrogen (secondary N) is 2. The van der Waals surface area contributed by atoms with Crippen LogP contribution in [0.15, 0.2) is 30.3 Å². The summed E-state index contributed by atoms with van der Waals surface area (Å²) in [6.45, 7) is 1.98. The van der Waals surface area contributed by atoms with Gasteiger partial charge in [0.15, 0.2) is 11.3 Å². The van der Waals surface area contributed by atoms with Crippen molar-refractivity contribution in [3.63, 3.8) is 0 Å². The summed E-state index contributed by atoms with van der Waals surface area (Å²) < 4.78 is 15.4. The van der Waals surface area contributed by atoms with Crippen molar-refractivity contribution in [1.82, 2.24) is 15.4 Å². The van der Waals surface area contributed by atoms with Gasteiger partial charge in [-0.05, 0) is 65.4 Å². The molecule has 0 spiro atoms. The minimum atomic E-state index is -0.399. The molecule has 0 fully saturated rings. The zero-order chi connectivity index (χ0) is 13.4. The molecule has 1 aromatic heterocycles. The third kappa shape index (κ3) is 2.27. The first-order valence-electron chi connectivity index (χ1n) is 5.67. The number of H-pyrrole nitrogens is 1. The highest BCUT2D eigenvalue weighted by atomic mass is 127. The van der Waals surface area contributed by atoms with Crippen molar-refractivity contribution in [3.05, 3.63) is 45.3 Å². The minimum absolute atomic E-state index is 0.244. The molecule has 0 atom stereocenters. The lowest BCUT2D eigenvalue weighted by atomic mass is 10.2. The second kappa shape index (κ2) is 4.76. The smallest absolute Gasteiger partial charge is 0.176 e. The Bertz CT molecular complexity index is 753. The van der Waals surface area contributed by atoms with E-state index in [1.165, 1.54) is 0 Å². The highest BCUT2D eigenvalue weighted by Crippen LogP contribution is 2.27. The summed E-state index contributed by atoms with van der Waals surface area (Å²) in [6.07, 6.45) is 0. The maximum absolute atomic E-state index is 14.2. The number of anilines is 2. The van der Waals surface area contributed by atoms with E-state index in [-0.39, 0.29) is 5.52 Å². The molecule has 3 aromatic rings. The fourth-order valence-electron chi connectivity index (χ4n) is 1.89. The Hall–Kier alpha value is -1.70. The van der Waals surface area contributed by atoms with Crippen LogP contribution in [0.5, 0.6) is 0 Å². The second-order valence-electron chi connectivity index (χ2n) is 4.20. The molecule has 96 valence electrons. The Morgan fingerprint density at radius 1 is 1.16 bits per heavy atom. The van der Waals surface area contributed by atoms with Gasteiger partial charge in [0.25, 0.3) is 0 Å². The first-order chi connectivity index (χ1) is 9.15. The van der Waals surface area contributed by atoms with E-state index in [0.29, 0.717) is 11.2 Å². The highest BCUT2D eigenvalue weighted by Gasteiger charge is 2.11. The summed E-state index contributed by atoms with van der Waals surface area (Å²) in [5.74, 6) is -0.399. The monoisotopic (exact) mass is 368 g/mol. The molecular formula is C13H10FIN4. The van der Waals surface area contributed by atoms with E-state index >= 15 is 0 Å². The van der Waals surface area contributed by atoms with Crippen molar-refractivity contribution in [2.24, 2.45) is 0 Å². The van der Waals surface area contributed by atoms with Crippen molar-refractivity contribution in [2.75, 3.05) is 5.32 Å². The van der Waals surface area contributed by atoms with Crippen LogP contribution in [-0.2, 0) is 0 Å². The molecular weight excluding hydrogens is 358 g/mol. The standard InChI is InChI=1S/C13H10FIN4/c1-7-6-8(15)2-3-9(7)16-10-4-5-11-13(12(10)14)18-19-17-11/h2-6,16H,1H3,(H,17,18,19). The van der Waals surface area contributed by atoms with Crippen molar-refractivity contribution in [2.45, 2.75) is 6.92 Å². The van der Waals surface area contributed by atoms with Gasteiger partial charge < -0.3 is 5.32 Å². The van der Waals surface area contributed by atoms with E-state index in [9.17, 15) is 4.39 Å². The van der Waals surface area contributed by atoms with E-state index < -0.39 is 5.82 Å². The molecule has 0 unspecified atom stereocenters. The number of aromatic nitrogens is 3. The third-order valence-corrected chi connectivity index (χ3v) is 3.56. The van der Waals surface area contributed by atoms with Gasteiger partial charge in [0, 0.05) is 9.26 Å². The maximum Gasteiger partial charge on any atom is 0.176 e. The fraction of sp³-hybridized carbons (Fsp3) is 0.0769. The van der Waals surface area contributed by atoms with Crippen LogP contribution in [0.25, 0.3) is 11.0 Å². The molecule has 0 aliphatic carbocycles. The molecule has 0 aliphatic heterocycles. The van der Waals surface area contributed by atoms with Crippen molar-refractivity contribution < 1.29 is 4.39 Å². The average Bonchev–Trinajstić information content (AvgIpc) is 2.85. The van der Waals surface area contributed by atoms with Gasteiger partial charge in [0.1, 0.15) is 5.52 Å². The topological polar surface area (TPSA) is 53.6 Å².